The fourth-order valence-corrected chi connectivity index (χ4v) is 4.31. The molecular weight excluding hydrogens is 388 g/mol. The Labute approximate surface area is 182 Å². The molecule has 0 radical (unpaired) electrons. The van der Waals surface area contributed by atoms with Crippen molar-refractivity contribution in [1.29, 1.82) is 0 Å². The molecule has 0 aromatic heterocycles. The molecule has 0 unspecified atom stereocenters. The standard InChI is InChI=1S/C26H24N2OS/c1-3-29-24-16-14-22(15-17-24)27-20(2)18-26-28(23-12-8-5-9-13-23)25(19-30-26)21-10-6-4-7-11-21/h4-19H,3H2,1-2H3/b26-18+,27-20?. The first-order valence-electron chi connectivity index (χ1n) is 10.0. The fourth-order valence-electron chi connectivity index (χ4n) is 3.29. The molecule has 0 saturated carbocycles. The molecular formula is C26H24N2OS. The molecule has 0 saturated heterocycles. The van der Waals surface area contributed by atoms with Gasteiger partial charge in [0.05, 0.1) is 23.0 Å². The predicted octanol–water partition coefficient (Wildman–Crippen LogP) is 7.27. The van der Waals surface area contributed by atoms with Crippen LogP contribution in [0.1, 0.15) is 19.4 Å². The van der Waals surface area contributed by atoms with Crippen molar-refractivity contribution < 1.29 is 4.74 Å². The average Bonchev–Trinajstić information content (AvgIpc) is 3.20. The first kappa shape index (κ1) is 20.0. The van der Waals surface area contributed by atoms with Gasteiger partial charge >= 0.3 is 0 Å². The summed E-state index contributed by atoms with van der Waals surface area (Å²) in [7, 11) is 0. The lowest BCUT2D eigenvalue weighted by Crippen LogP contribution is -2.16. The van der Waals surface area contributed by atoms with Gasteiger partial charge in [-0.25, -0.2) is 0 Å². The van der Waals surface area contributed by atoms with E-state index in [4.69, 9.17) is 9.73 Å². The van der Waals surface area contributed by atoms with Crippen LogP contribution in [0.3, 0.4) is 0 Å². The Morgan fingerprint density at radius 2 is 1.60 bits per heavy atom. The Morgan fingerprint density at radius 1 is 0.933 bits per heavy atom. The van der Waals surface area contributed by atoms with Crippen LogP contribution in [-0.4, -0.2) is 12.3 Å². The van der Waals surface area contributed by atoms with Crippen molar-refractivity contribution in [2.24, 2.45) is 4.99 Å². The molecule has 4 rings (SSSR count). The third-order valence-corrected chi connectivity index (χ3v) is 5.51. The van der Waals surface area contributed by atoms with Crippen LogP contribution in [-0.2, 0) is 0 Å². The third-order valence-electron chi connectivity index (χ3n) is 4.62. The SMILES string of the molecule is CCOc1ccc(N=C(C)/C=C2/SC=C(c3ccccc3)N2c2ccccc2)cc1. The van der Waals surface area contributed by atoms with E-state index in [2.05, 4.69) is 64.9 Å². The van der Waals surface area contributed by atoms with E-state index in [1.807, 2.05) is 50.2 Å². The summed E-state index contributed by atoms with van der Waals surface area (Å²) < 4.78 is 5.51. The highest BCUT2D eigenvalue weighted by Crippen LogP contribution is 2.42. The lowest BCUT2D eigenvalue weighted by atomic mass is 10.1. The van der Waals surface area contributed by atoms with E-state index in [0.717, 1.165) is 27.9 Å². The molecule has 0 aliphatic carbocycles. The zero-order valence-corrected chi connectivity index (χ0v) is 18.0. The third kappa shape index (κ3) is 4.66. The molecule has 0 bridgehead atoms. The highest BCUT2D eigenvalue weighted by atomic mass is 32.2. The van der Waals surface area contributed by atoms with Crippen molar-refractivity contribution in [2.75, 3.05) is 11.5 Å². The summed E-state index contributed by atoms with van der Waals surface area (Å²) in [6, 6.07) is 28.8. The number of ether oxygens (including phenoxy) is 1. The number of thioether (sulfide) groups is 1. The highest BCUT2D eigenvalue weighted by molar-refractivity contribution is 8.06. The van der Waals surface area contributed by atoms with Crippen LogP contribution in [0.2, 0.25) is 0 Å². The molecule has 1 aliphatic rings. The van der Waals surface area contributed by atoms with E-state index in [1.165, 1.54) is 11.3 Å². The Morgan fingerprint density at radius 3 is 2.27 bits per heavy atom. The first-order valence-corrected chi connectivity index (χ1v) is 10.9. The number of para-hydroxylation sites is 1. The van der Waals surface area contributed by atoms with Crippen molar-refractivity contribution in [3.05, 3.63) is 107 Å². The molecule has 0 N–H and O–H groups in total. The Hall–Kier alpha value is -3.24. The van der Waals surface area contributed by atoms with Gasteiger partial charge < -0.3 is 9.64 Å². The second-order valence-corrected chi connectivity index (χ2v) is 7.71. The summed E-state index contributed by atoms with van der Waals surface area (Å²) in [6.07, 6.45) is 2.14. The molecule has 3 aromatic carbocycles. The van der Waals surface area contributed by atoms with Gasteiger partial charge in [-0.2, -0.15) is 0 Å². The van der Waals surface area contributed by atoms with E-state index in [-0.39, 0.29) is 0 Å². The van der Waals surface area contributed by atoms with E-state index in [0.29, 0.717) is 6.61 Å². The number of nitrogens with zero attached hydrogens (tertiary/aromatic N) is 2. The topological polar surface area (TPSA) is 24.8 Å². The quantitative estimate of drug-likeness (QED) is 0.398. The van der Waals surface area contributed by atoms with Crippen LogP contribution in [0.15, 0.2) is 106 Å². The van der Waals surface area contributed by atoms with Crippen LogP contribution >= 0.6 is 11.8 Å². The van der Waals surface area contributed by atoms with Gasteiger partial charge in [0.2, 0.25) is 0 Å². The normalized spacial score (nSPS) is 15.4. The number of benzene rings is 3. The van der Waals surface area contributed by atoms with Crippen molar-refractivity contribution in [1.82, 2.24) is 0 Å². The van der Waals surface area contributed by atoms with Gasteiger partial charge in [-0.15, -0.1) is 0 Å². The monoisotopic (exact) mass is 412 g/mol. The second-order valence-electron chi connectivity index (χ2n) is 6.82. The number of hydrogen-bond acceptors (Lipinski definition) is 4. The number of aliphatic imine (C=N–C) groups is 1. The summed E-state index contributed by atoms with van der Waals surface area (Å²) in [5, 5.41) is 3.34. The zero-order valence-electron chi connectivity index (χ0n) is 17.2. The Kier molecular flexibility index (Phi) is 6.35. The number of hydrogen-bond donors (Lipinski definition) is 0. The summed E-state index contributed by atoms with van der Waals surface area (Å²) in [4.78, 5) is 7.06. The van der Waals surface area contributed by atoms with Gasteiger partial charge in [0.1, 0.15) is 5.75 Å². The van der Waals surface area contributed by atoms with Crippen LogP contribution < -0.4 is 9.64 Å². The smallest absolute Gasteiger partial charge is 0.119 e. The van der Waals surface area contributed by atoms with Crippen LogP contribution in [0.25, 0.3) is 5.70 Å². The molecule has 1 aliphatic heterocycles. The molecule has 150 valence electrons. The van der Waals surface area contributed by atoms with Crippen molar-refractivity contribution in [3.63, 3.8) is 0 Å². The molecule has 30 heavy (non-hydrogen) atoms. The minimum Gasteiger partial charge on any atom is -0.494 e. The largest absolute Gasteiger partial charge is 0.494 e. The summed E-state index contributed by atoms with van der Waals surface area (Å²) in [6.45, 7) is 4.68. The van der Waals surface area contributed by atoms with E-state index < -0.39 is 0 Å². The summed E-state index contributed by atoms with van der Waals surface area (Å²) in [5.41, 5.74) is 5.37. The zero-order chi connectivity index (χ0) is 20.8. The molecule has 3 aromatic rings. The maximum Gasteiger partial charge on any atom is 0.119 e. The van der Waals surface area contributed by atoms with Crippen LogP contribution in [0.4, 0.5) is 11.4 Å². The van der Waals surface area contributed by atoms with Crippen molar-refractivity contribution in [3.8, 4) is 5.75 Å². The highest BCUT2D eigenvalue weighted by Gasteiger charge is 2.24. The van der Waals surface area contributed by atoms with Crippen molar-refractivity contribution >= 4 is 34.5 Å². The van der Waals surface area contributed by atoms with Crippen LogP contribution in [0.5, 0.6) is 5.75 Å². The Bertz CT molecular complexity index is 1070. The molecule has 0 spiro atoms. The second kappa shape index (κ2) is 9.51. The molecule has 1 heterocycles. The minimum atomic E-state index is 0.664. The lowest BCUT2D eigenvalue weighted by molar-refractivity contribution is 0.340. The van der Waals surface area contributed by atoms with Crippen molar-refractivity contribution in [2.45, 2.75) is 13.8 Å². The lowest BCUT2D eigenvalue weighted by Gasteiger charge is -2.24. The number of rotatable bonds is 6. The molecule has 0 amide bonds. The average molecular weight is 413 g/mol. The first-order chi connectivity index (χ1) is 14.7. The van der Waals surface area contributed by atoms with Crippen LogP contribution in [0, 0.1) is 0 Å². The number of anilines is 1. The maximum atomic E-state index is 5.51. The van der Waals surface area contributed by atoms with Gasteiger partial charge in [0.15, 0.2) is 0 Å². The van der Waals surface area contributed by atoms with E-state index in [1.54, 1.807) is 11.8 Å². The molecule has 0 atom stereocenters. The van der Waals surface area contributed by atoms with Gasteiger partial charge in [0, 0.05) is 16.8 Å². The fraction of sp³-hybridized carbons (Fsp3) is 0.115. The predicted molar refractivity (Wildman–Crippen MR) is 129 cm³/mol. The molecule has 4 heteroatoms. The summed E-state index contributed by atoms with van der Waals surface area (Å²) in [5.74, 6) is 0.866. The maximum absolute atomic E-state index is 5.51. The van der Waals surface area contributed by atoms with Gasteiger partial charge in [-0.3, -0.25) is 4.99 Å². The summed E-state index contributed by atoms with van der Waals surface area (Å²) >= 11 is 1.72. The van der Waals surface area contributed by atoms with E-state index >= 15 is 0 Å². The Balaban J connectivity index is 1.64. The number of allylic oxidation sites excluding steroid dienone is 1. The van der Waals surface area contributed by atoms with Gasteiger partial charge in [-0.05, 0) is 61.9 Å². The minimum absolute atomic E-state index is 0.664. The molecule has 0 fully saturated rings. The molecule has 3 nitrogen and oxygen atoms in total. The van der Waals surface area contributed by atoms with Gasteiger partial charge in [0.25, 0.3) is 0 Å². The van der Waals surface area contributed by atoms with Gasteiger partial charge in [-0.1, -0.05) is 60.3 Å². The van der Waals surface area contributed by atoms with E-state index in [9.17, 15) is 0 Å².